The summed E-state index contributed by atoms with van der Waals surface area (Å²) >= 11 is 0. The van der Waals surface area contributed by atoms with Crippen LogP contribution < -0.4 is 11.5 Å². The Morgan fingerprint density at radius 2 is 2.19 bits per heavy atom. The maximum Gasteiger partial charge on any atom is 0.128 e. The topological polar surface area (TPSA) is 64.4 Å². The number of rotatable bonds is 3. The van der Waals surface area contributed by atoms with Gasteiger partial charge in [-0.1, -0.05) is 12.1 Å². The zero-order valence-corrected chi connectivity index (χ0v) is 9.44. The normalized spacial score (nSPS) is 14.4. The van der Waals surface area contributed by atoms with Crippen molar-refractivity contribution >= 4 is 11.8 Å². The molecule has 0 heterocycles. The largest absolute Gasteiger partial charge is 0.404 e. The molecule has 0 aliphatic rings. The minimum absolute atomic E-state index is 0.320. The van der Waals surface area contributed by atoms with E-state index in [0.29, 0.717) is 16.7 Å². The van der Waals surface area contributed by atoms with Gasteiger partial charge in [-0.15, -0.1) is 0 Å². The van der Waals surface area contributed by atoms with Gasteiger partial charge in [0.25, 0.3) is 0 Å². The van der Waals surface area contributed by atoms with Gasteiger partial charge in [0.1, 0.15) is 5.82 Å². The summed E-state index contributed by atoms with van der Waals surface area (Å²) in [6, 6.07) is 4.54. The first-order valence-electron chi connectivity index (χ1n) is 4.99. The minimum Gasteiger partial charge on any atom is -0.404 e. The average molecular weight is 221 g/mol. The lowest BCUT2D eigenvalue weighted by atomic mass is 10.0. The SMILES string of the molecule is CN=CC(=CN)c1ccc(C(C)N)c(F)c1. The molecule has 3 nitrogen and oxygen atoms in total. The molecule has 1 unspecified atom stereocenters. The van der Waals surface area contributed by atoms with E-state index >= 15 is 0 Å². The van der Waals surface area contributed by atoms with Crippen molar-refractivity contribution in [2.75, 3.05) is 7.05 Å². The first-order chi connectivity index (χ1) is 7.60. The van der Waals surface area contributed by atoms with Gasteiger partial charge in [-0.2, -0.15) is 0 Å². The summed E-state index contributed by atoms with van der Waals surface area (Å²) in [6.07, 6.45) is 2.98. The molecule has 0 bridgehead atoms. The van der Waals surface area contributed by atoms with Crippen LogP contribution in [0.25, 0.3) is 5.57 Å². The summed E-state index contributed by atoms with van der Waals surface area (Å²) in [5.74, 6) is -0.323. The van der Waals surface area contributed by atoms with Crippen molar-refractivity contribution in [2.24, 2.45) is 16.5 Å². The van der Waals surface area contributed by atoms with Crippen molar-refractivity contribution in [3.8, 4) is 0 Å². The number of hydrogen-bond acceptors (Lipinski definition) is 3. The summed E-state index contributed by atoms with van der Waals surface area (Å²) in [4.78, 5) is 3.85. The lowest BCUT2D eigenvalue weighted by Crippen LogP contribution is -2.07. The molecule has 4 heteroatoms. The Morgan fingerprint density at radius 3 is 2.62 bits per heavy atom. The number of nitrogens with two attached hydrogens (primary N) is 2. The first-order valence-corrected chi connectivity index (χ1v) is 4.99. The molecule has 0 aliphatic carbocycles. The van der Waals surface area contributed by atoms with Gasteiger partial charge in [0, 0.05) is 36.6 Å². The monoisotopic (exact) mass is 221 g/mol. The van der Waals surface area contributed by atoms with Crippen molar-refractivity contribution in [3.63, 3.8) is 0 Å². The number of nitrogens with zero attached hydrogens (tertiary/aromatic N) is 1. The number of hydrogen-bond donors (Lipinski definition) is 2. The highest BCUT2D eigenvalue weighted by Gasteiger charge is 2.08. The highest BCUT2D eigenvalue weighted by molar-refractivity contribution is 6.09. The molecule has 16 heavy (non-hydrogen) atoms. The molecule has 0 saturated carbocycles. The van der Waals surface area contributed by atoms with E-state index in [1.807, 2.05) is 0 Å². The molecule has 0 amide bonds. The van der Waals surface area contributed by atoms with E-state index in [2.05, 4.69) is 4.99 Å². The average Bonchev–Trinajstić information content (AvgIpc) is 2.25. The summed E-state index contributed by atoms with van der Waals surface area (Å²) < 4.78 is 13.6. The molecule has 0 radical (unpaired) electrons. The molecule has 1 aromatic rings. The van der Waals surface area contributed by atoms with Gasteiger partial charge in [-0.25, -0.2) is 4.39 Å². The molecule has 0 aliphatic heterocycles. The summed E-state index contributed by atoms with van der Waals surface area (Å²) in [7, 11) is 1.64. The summed E-state index contributed by atoms with van der Waals surface area (Å²) in [5.41, 5.74) is 12.9. The molecule has 86 valence electrons. The molecule has 1 aromatic carbocycles. The van der Waals surface area contributed by atoms with Gasteiger partial charge in [-0.05, 0) is 18.6 Å². The van der Waals surface area contributed by atoms with Gasteiger partial charge >= 0.3 is 0 Å². The quantitative estimate of drug-likeness (QED) is 0.765. The molecule has 0 fully saturated rings. The predicted molar refractivity (Wildman–Crippen MR) is 65.6 cm³/mol. The van der Waals surface area contributed by atoms with Crippen molar-refractivity contribution in [1.29, 1.82) is 0 Å². The van der Waals surface area contributed by atoms with Crippen molar-refractivity contribution in [2.45, 2.75) is 13.0 Å². The Kier molecular flexibility index (Phi) is 4.19. The predicted octanol–water partition coefficient (Wildman–Crippen LogP) is 1.85. The van der Waals surface area contributed by atoms with Crippen LogP contribution in [0.4, 0.5) is 4.39 Å². The first kappa shape index (κ1) is 12.4. The second kappa shape index (κ2) is 5.42. The number of benzene rings is 1. The van der Waals surface area contributed by atoms with E-state index in [1.54, 1.807) is 32.3 Å². The minimum atomic E-state index is -0.323. The van der Waals surface area contributed by atoms with E-state index in [0.717, 1.165) is 0 Å². The second-order valence-electron chi connectivity index (χ2n) is 3.53. The van der Waals surface area contributed by atoms with Crippen molar-refractivity contribution in [1.82, 2.24) is 0 Å². The Bertz CT molecular complexity index is 422. The lowest BCUT2D eigenvalue weighted by molar-refractivity contribution is 0.593. The maximum absolute atomic E-state index is 13.6. The van der Waals surface area contributed by atoms with Crippen LogP contribution in [0.2, 0.25) is 0 Å². The van der Waals surface area contributed by atoms with Gasteiger partial charge in [0.15, 0.2) is 0 Å². The lowest BCUT2D eigenvalue weighted by Gasteiger charge is -2.09. The van der Waals surface area contributed by atoms with E-state index in [-0.39, 0.29) is 11.9 Å². The van der Waals surface area contributed by atoms with Crippen LogP contribution in [-0.4, -0.2) is 13.3 Å². The molecule has 4 N–H and O–H groups in total. The van der Waals surface area contributed by atoms with Crippen LogP contribution in [0.1, 0.15) is 24.1 Å². The highest BCUT2D eigenvalue weighted by atomic mass is 19.1. The Balaban J connectivity index is 3.15. The standard InChI is InChI=1S/C12H16FN3/c1-8(15)11-4-3-9(5-12(11)13)10(6-14)7-16-2/h3-8H,14-15H2,1-2H3. The molecule has 1 atom stereocenters. The third kappa shape index (κ3) is 2.67. The Morgan fingerprint density at radius 1 is 1.50 bits per heavy atom. The van der Waals surface area contributed by atoms with Gasteiger partial charge < -0.3 is 11.5 Å². The van der Waals surface area contributed by atoms with E-state index < -0.39 is 0 Å². The van der Waals surface area contributed by atoms with Gasteiger partial charge in [0.05, 0.1) is 0 Å². The summed E-state index contributed by atoms with van der Waals surface area (Å²) in [5, 5.41) is 0. The molecule has 1 rings (SSSR count). The maximum atomic E-state index is 13.6. The van der Waals surface area contributed by atoms with Crippen molar-refractivity contribution in [3.05, 3.63) is 41.3 Å². The Labute approximate surface area is 94.7 Å². The zero-order chi connectivity index (χ0) is 12.1. The molecule has 0 saturated heterocycles. The van der Waals surface area contributed by atoms with Crippen molar-refractivity contribution < 1.29 is 4.39 Å². The number of allylic oxidation sites excluding steroid dienone is 1. The molecular formula is C12H16FN3. The fourth-order valence-corrected chi connectivity index (χ4v) is 1.43. The van der Waals surface area contributed by atoms with Crippen LogP contribution >= 0.6 is 0 Å². The van der Waals surface area contributed by atoms with Gasteiger partial charge in [-0.3, -0.25) is 4.99 Å². The molecule has 0 aromatic heterocycles. The molecular weight excluding hydrogens is 205 g/mol. The van der Waals surface area contributed by atoms with E-state index in [9.17, 15) is 4.39 Å². The van der Waals surface area contributed by atoms with Crippen LogP contribution in [-0.2, 0) is 0 Å². The smallest absolute Gasteiger partial charge is 0.128 e. The molecule has 0 spiro atoms. The van der Waals surface area contributed by atoms with E-state index in [1.165, 1.54) is 12.3 Å². The highest BCUT2D eigenvalue weighted by Crippen LogP contribution is 2.19. The number of halogens is 1. The Hall–Kier alpha value is -1.68. The third-order valence-corrected chi connectivity index (χ3v) is 2.27. The third-order valence-electron chi connectivity index (χ3n) is 2.27. The van der Waals surface area contributed by atoms with Crippen LogP contribution in [0, 0.1) is 5.82 Å². The van der Waals surface area contributed by atoms with Crippen LogP contribution in [0.3, 0.4) is 0 Å². The number of aliphatic imine (C=N–C) groups is 1. The summed E-state index contributed by atoms with van der Waals surface area (Å²) in [6.45, 7) is 1.74. The van der Waals surface area contributed by atoms with Crippen LogP contribution in [0.5, 0.6) is 0 Å². The van der Waals surface area contributed by atoms with E-state index in [4.69, 9.17) is 11.5 Å². The van der Waals surface area contributed by atoms with Gasteiger partial charge in [0.2, 0.25) is 0 Å². The fourth-order valence-electron chi connectivity index (χ4n) is 1.43. The zero-order valence-electron chi connectivity index (χ0n) is 9.44. The fraction of sp³-hybridized carbons (Fsp3) is 0.250. The second-order valence-corrected chi connectivity index (χ2v) is 3.53. The van der Waals surface area contributed by atoms with Crippen LogP contribution in [0.15, 0.2) is 29.4 Å².